The minimum Gasteiger partial charge on any atom is -0.495 e. The van der Waals surface area contributed by atoms with Gasteiger partial charge in [0.25, 0.3) is 0 Å². The van der Waals surface area contributed by atoms with Gasteiger partial charge < -0.3 is 46.1 Å². The Morgan fingerprint density at radius 3 is 2.42 bits per heavy atom. The van der Waals surface area contributed by atoms with Gasteiger partial charge in [0.2, 0.25) is 5.95 Å². The van der Waals surface area contributed by atoms with Crippen molar-refractivity contribution in [3.8, 4) is 17.2 Å². The summed E-state index contributed by atoms with van der Waals surface area (Å²) in [6.07, 6.45) is 0.0361. The van der Waals surface area contributed by atoms with Gasteiger partial charge in [-0.2, -0.15) is 4.98 Å². The van der Waals surface area contributed by atoms with Crippen LogP contribution in [-0.4, -0.2) is 67.9 Å². The van der Waals surface area contributed by atoms with Gasteiger partial charge in [-0.25, -0.2) is 14.2 Å². The fraction of sp³-hybridized carbons (Fsp3) is 0.320. The highest BCUT2D eigenvalue weighted by Gasteiger charge is 2.20. The molecule has 4 rings (SSSR count). The molecule has 1 fully saturated rings. The molecule has 12 nitrogen and oxygen atoms in total. The Morgan fingerprint density at radius 2 is 1.76 bits per heavy atom. The summed E-state index contributed by atoms with van der Waals surface area (Å²) in [4.78, 5) is 24.0. The van der Waals surface area contributed by atoms with Crippen molar-refractivity contribution in [1.82, 2.24) is 14.9 Å². The Bertz CT molecular complexity index is 1300. The zero-order valence-corrected chi connectivity index (χ0v) is 21.5. The number of nitrogens with two attached hydrogens (primary N) is 2. The molecular formula is C25H31FN8O4. The maximum absolute atomic E-state index is 14.6. The number of benzene rings is 2. The Labute approximate surface area is 219 Å². The smallest absolute Gasteiger partial charge is 0.409 e. The van der Waals surface area contributed by atoms with Crippen molar-refractivity contribution in [3.05, 3.63) is 42.3 Å². The topological polar surface area (TPSA) is 153 Å². The Balaban J connectivity index is 1.57. The van der Waals surface area contributed by atoms with Crippen molar-refractivity contribution in [1.29, 1.82) is 0 Å². The van der Waals surface area contributed by atoms with Gasteiger partial charge >= 0.3 is 6.09 Å². The van der Waals surface area contributed by atoms with E-state index in [9.17, 15) is 9.18 Å². The number of aromatic nitrogens is 2. The van der Waals surface area contributed by atoms with Crippen LogP contribution in [0.4, 0.5) is 43.7 Å². The number of hydrogen-bond donors (Lipinski definition) is 4. The average molecular weight is 527 g/mol. The number of rotatable bonds is 9. The summed E-state index contributed by atoms with van der Waals surface area (Å²) in [5.74, 6) is 0.275. The summed E-state index contributed by atoms with van der Waals surface area (Å²) < 4.78 is 30.5. The van der Waals surface area contributed by atoms with Gasteiger partial charge in [-0.1, -0.05) is 6.92 Å². The van der Waals surface area contributed by atoms with Crippen LogP contribution >= 0.6 is 0 Å². The molecule has 0 bridgehead atoms. The number of piperazine rings is 1. The first-order valence-corrected chi connectivity index (χ1v) is 12.0. The molecule has 0 radical (unpaired) electrons. The summed E-state index contributed by atoms with van der Waals surface area (Å²) in [6, 6.07) is 8.07. The number of nitrogens with zero attached hydrogens (tertiary/aromatic N) is 4. The largest absolute Gasteiger partial charge is 0.495 e. The number of amides is 1. The lowest BCUT2D eigenvalue weighted by molar-refractivity contribution is 0.211. The van der Waals surface area contributed by atoms with Crippen molar-refractivity contribution < 1.29 is 23.4 Å². The number of nitrogen functional groups attached to an aromatic ring is 1. The molecule has 0 unspecified atom stereocenters. The van der Waals surface area contributed by atoms with E-state index in [1.165, 1.54) is 25.3 Å². The number of carbonyl (C=O) groups is 1. The van der Waals surface area contributed by atoms with Crippen LogP contribution in [0.15, 0.2) is 36.5 Å². The maximum Gasteiger partial charge on any atom is 0.409 e. The van der Waals surface area contributed by atoms with E-state index in [0.717, 1.165) is 44.6 Å². The molecule has 0 atom stereocenters. The van der Waals surface area contributed by atoms with Crippen LogP contribution in [0.5, 0.6) is 17.2 Å². The van der Waals surface area contributed by atoms with Crippen molar-refractivity contribution in [2.45, 2.75) is 6.92 Å². The number of nitrogens with one attached hydrogen (secondary N) is 2. The SMILES string of the molecule is CCN1CCN(c2cc(OC)c(Nc3ncc(F)c(Nc4cc(OC(N)=O)ccc4OC)n3)cc2N)CC1. The molecule has 1 aromatic heterocycles. The highest BCUT2D eigenvalue weighted by Crippen LogP contribution is 2.37. The quantitative estimate of drug-likeness (QED) is 0.304. The summed E-state index contributed by atoms with van der Waals surface area (Å²) in [5.41, 5.74) is 13.8. The predicted molar refractivity (Wildman–Crippen MR) is 143 cm³/mol. The van der Waals surface area contributed by atoms with Crippen LogP contribution in [0, 0.1) is 5.82 Å². The first-order valence-electron chi connectivity index (χ1n) is 12.0. The Morgan fingerprint density at radius 1 is 1.05 bits per heavy atom. The fourth-order valence-corrected chi connectivity index (χ4v) is 4.16. The molecule has 202 valence electrons. The molecule has 1 amide bonds. The Kier molecular flexibility index (Phi) is 8.16. The lowest BCUT2D eigenvalue weighted by Gasteiger charge is -2.36. The van der Waals surface area contributed by atoms with Crippen molar-refractivity contribution in [2.75, 3.05) is 68.2 Å². The molecule has 2 aromatic carbocycles. The van der Waals surface area contributed by atoms with Gasteiger partial charge in [-0.05, 0) is 24.7 Å². The van der Waals surface area contributed by atoms with Gasteiger partial charge in [0.1, 0.15) is 17.2 Å². The van der Waals surface area contributed by atoms with E-state index >= 15 is 0 Å². The highest BCUT2D eigenvalue weighted by atomic mass is 19.1. The van der Waals surface area contributed by atoms with E-state index in [2.05, 4.69) is 37.3 Å². The van der Waals surface area contributed by atoms with Gasteiger partial charge in [-0.15, -0.1) is 0 Å². The molecule has 1 saturated heterocycles. The summed E-state index contributed by atoms with van der Waals surface area (Å²) >= 11 is 0. The summed E-state index contributed by atoms with van der Waals surface area (Å²) in [7, 11) is 3.00. The van der Waals surface area contributed by atoms with Crippen LogP contribution in [0.2, 0.25) is 0 Å². The number of carbonyl (C=O) groups excluding carboxylic acids is 1. The lowest BCUT2D eigenvalue weighted by Crippen LogP contribution is -2.46. The number of ether oxygens (including phenoxy) is 3. The molecule has 0 aliphatic carbocycles. The number of halogens is 1. The maximum atomic E-state index is 14.6. The highest BCUT2D eigenvalue weighted by molar-refractivity contribution is 5.79. The molecule has 2 heterocycles. The average Bonchev–Trinajstić information content (AvgIpc) is 2.91. The molecule has 38 heavy (non-hydrogen) atoms. The minimum atomic E-state index is -0.983. The standard InChI is InChI=1S/C25H31FN8O4/c1-4-33-7-9-34(10-8-33)20-13-22(37-3)19(12-17(20)27)31-25-29-14-16(26)23(32-25)30-18-11-15(38-24(28)35)5-6-21(18)36-2/h5-6,11-14H,4,7-10,27H2,1-3H3,(H2,28,35)(H2,29,30,31,32). The number of methoxy groups -OCH3 is 2. The Hall–Kier alpha value is -4.52. The summed E-state index contributed by atoms with van der Waals surface area (Å²) in [6.45, 7) is 6.80. The van der Waals surface area contributed by atoms with E-state index < -0.39 is 11.9 Å². The fourth-order valence-electron chi connectivity index (χ4n) is 4.16. The monoisotopic (exact) mass is 526 g/mol. The molecular weight excluding hydrogens is 495 g/mol. The molecule has 13 heteroatoms. The van der Waals surface area contributed by atoms with E-state index in [1.807, 2.05) is 6.07 Å². The second kappa shape index (κ2) is 11.7. The van der Waals surface area contributed by atoms with Crippen LogP contribution < -0.4 is 41.2 Å². The second-order valence-corrected chi connectivity index (χ2v) is 8.46. The summed E-state index contributed by atoms with van der Waals surface area (Å²) in [5, 5.41) is 5.89. The first-order chi connectivity index (χ1) is 18.3. The number of hydrogen-bond acceptors (Lipinski definition) is 11. The number of anilines is 6. The molecule has 1 aliphatic rings. The van der Waals surface area contributed by atoms with Gasteiger partial charge in [0.15, 0.2) is 11.6 Å². The van der Waals surface area contributed by atoms with E-state index in [4.69, 9.17) is 25.7 Å². The first kappa shape index (κ1) is 26.5. The van der Waals surface area contributed by atoms with Gasteiger partial charge in [0, 0.05) is 38.3 Å². The molecule has 0 spiro atoms. The third kappa shape index (κ3) is 6.06. The lowest BCUT2D eigenvalue weighted by atomic mass is 10.1. The third-order valence-electron chi connectivity index (χ3n) is 6.14. The van der Waals surface area contributed by atoms with E-state index in [0.29, 0.717) is 28.6 Å². The molecule has 0 saturated carbocycles. The predicted octanol–water partition coefficient (Wildman–Crippen LogP) is 3.30. The minimum absolute atomic E-state index is 0.0967. The molecule has 1 aliphatic heterocycles. The number of likely N-dealkylation sites (N-methyl/N-ethyl adjacent to an activating group) is 1. The number of primary amides is 1. The van der Waals surface area contributed by atoms with Crippen LogP contribution in [0.3, 0.4) is 0 Å². The van der Waals surface area contributed by atoms with Crippen LogP contribution in [-0.2, 0) is 0 Å². The van der Waals surface area contributed by atoms with Crippen LogP contribution in [0.1, 0.15) is 6.92 Å². The van der Waals surface area contributed by atoms with Crippen LogP contribution in [0.25, 0.3) is 0 Å². The van der Waals surface area contributed by atoms with Gasteiger partial charge in [-0.3, -0.25) is 0 Å². The van der Waals surface area contributed by atoms with Crippen molar-refractivity contribution >= 4 is 40.6 Å². The van der Waals surface area contributed by atoms with E-state index in [-0.39, 0.29) is 17.5 Å². The molecule has 3 aromatic rings. The normalized spacial score (nSPS) is 13.6. The second-order valence-electron chi connectivity index (χ2n) is 8.46. The van der Waals surface area contributed by atoms with Crippen molar-refractivity contribution in [2.24, 2.45) is 5.73 Å². The third-order valence-corrected chi connectivity index (χ3v) is 6.14. The molecule has 6 N–H and O–H groups in total. The van der Waals surface area contributed by atoms with Crippen molar-refractivity contribution in [3.63, 3.8) is 0 Å². The zero-order valence-electron chi connectivity index (χ0n) is 21.5. The van der Waals surface area contributed by atoms with E-state index in [1.54, 1.807) is 13.2 Å². The zero-order chi connectivity index (χ0) is 27.2. The van der Waals surface area contributed by atoms with Gasteiger partial charge in [0.05, 0.1) is 43.2 Å².